The van der Waals surface area contributed by atoms with Crippen molar-refractivity contribution in [1.29, 1.82) is 0 Å². The van der Waals surface area contributed by atoms with E-state index in [2.05, 4.69) is 25.3 Å². The van der Waals surface area contributed by atoms with Gasteiger partial charge in [-0.1, -0.05) is 0 Å². The fraction of sp³-hybridized carbons (Fsp3) is 0.417. The molecule has 0 aromatic carbocycles. The number of ether oxygens (including phenoxy) is 1. The van der Waals surface area contributed by atoms with E-state index in [4.69, 9.17) is 10.5 Å². The Balaban J connectivity index is 1.96. The van der Waals surface area contributed by atoms with Gasteiger partial charge in [0.05, 0.1) is 6.10 Å². The number of nitrogens with one attached hydrogen (secondary N) is 2. The van der Waals surface area contributed by atoms with E-state index in [0.717, 1.165) is 12.2 Å². The third-order valence-corrected chi connectivity index (χ3v) is 2.40. The van der Waals surface area contributed by atoms with Crippen molar-refractivity contribution in [3.63, 3.8) is 0 Å². The van der Waals surface area contributed by atoms with Gasteiger partial charge in [-0.05, 0) is 13.8 Å². The van der Waals surface area contributed by atoms with Gasteiger partial charge in [-0.3, -0.25) is 0 Å². The average molecular weight is 262 g/mol. The summed E-state index contributed by atoms with van der Waals surface area (Å²) in [7, 11) is 0. The molecular weight excluding hydrogens is 244 g/mol. The summed E-state index contributed by atoms with van der Waals surface area (Å²) >= 11 is 0. The highest BCUT2D eigenvalue weighted by atomic mass is 16.5. The lowest BCUT2D eigenvalue weighted by molar-refractivity contribution is 0.234. The molecule has 0 atom stereocenters. The molecular formula is C12H18N6O. The number of nitrogens with zero attached hydrogens (tertiary/aromatic N) is 3. The van der Waals surface area contributed by atoms with Gasteiger partial charge in [-0.2, -0.15) is 4.98 Å². The van der Waals surface area contributed by atoms with Crippen LogP contribution in [0.15, 0.2) is 18.7 Å². The van der Waals surface area contributed by atoms with Crippen LogP contribution in [0.3, 0.4) is 0 Å². The number of anilines is 2. The lowest BCUT2D eigenvalue weighted by atomic mass is 10.4. The Hall–Kier alpha value is -2.31. The topological polar surface area (TPSA) is 102 Å². The molecule has 0 spiro atoms. The molecule has 0 aliphatic heterocycles. The summed E-state index contributed by atoms with van der Waals surface area (Å²) < 4.78 is 5.50. The Morgan fingerprint density at radius 3 is 2.89 bits per heavy atom. The van der Waals surface area contributed by atoms with Crippen LogP contribution in [-0.4, -0.2) is 32.6 Å². The van der Waals surface area contributed by atoms with E-state index in [1.54, 1.807) is 12.4 Å². The Morgan fingerprint density at radius 2 is 2.21 bits per heavy atom. The second kappa shape index (κ2) is 6.03. The third-order valence-electron chi connectivity index (χ3n) is 2.40. The molecule has 0 saturated heterocycles. The molecule has 7 heteroatoms. The highest BCUT2D eigenvalue weighted by molar-refractivity contribution is 5.66. The van der Waals surface area contributed by atoms with Crippen molar-refractivity contribution in [2.75, 3.05) is 17.6 Å². The maximum atomic E-state index is 5.96. The third kappa shape index (κ3) is 3.57. The number of aromatic amines is 1. The van der Waals surface area contributed by atoms with Crippen molar-refractivity contribution in [2.45, 2.75) is 26.4 Å². The Morgan fingerprint density at radius 1 is 1.37 bits per heavy atom. The number of rotatable bonds is 6. The quantitative estimate of drug-likeness (QED) is 0.723. The molecule has 2 aromatic rings. The van der Waals surface area contributed by atoms with Gasteiger partial charge in [-0.25, -0.2) is 9.97 Å². The van der Waals surface area contributed by atoms with Crippen molar-refractivity contribution in [2.24, 2.45) is 0 Å². The zero-order valence-corrected chi connectivity index (χ0v) is 11.1. The largest absolute Gasteiger partial charge is 0.473 e. The van der Waals surface area contributed by atoms with Crippen molar-refractivity contribution in [3.05, 3.63) is 24.5 Å². The van der Waals surface area contributed by atoms with Gasteiger partial charge >= 0.3 is 0 Å². The van der Waals surface area contributed by atoms with E-state index in [1.165, 1.54) is 6.33 Å². The van der Waals surface area contributed by atoms with Crippen LogP contribution in [-0.2, 0) is 6.42 Å². The number of nitrogens with two attached hydrogens (primary N) is 1. The first-order chi connectivity index (χ1) is 9.16. The van der Waals surface area contributed by atoms with E-state index in [0.29, 0.717) is 23.9 Å². The Bertz CT molecular complexity index is 511. The summed E-state index contributed by atoms with van der Waals surface area (Å²) in [5, 5.41) is 3.15. The molecule has 102 valence electrons. The minimum Gasteiger partial charge on any atom is -0.473 e. The van der Waals surface area contributed by atoms with Gasteiger partial charge in [0.1, 0.15) is 17.8 Å². The Labute approximate surface area is 111 Å². The molecule has 0 saturated carbocycles. The molecule has 4 N–H and O–H groups in total. The minimum absolute atomic E-state index is 0.0215. The first-order valence-corrected chi connectivity index (χ1v) is 6.16. The number of imidazole rings is 1. The number of hydrogen-bond donors (Lipinski definition) is 3. The molecule has 2 heterocycles. The predicted octanol–water partition coefficient (Wildman–Crippen LogP) is 1.22. The first-order valence-electron chi connectivity index (χ1n) is 6.16. The van der Waals surface area contributed by atoms with Gasteiger partial charge < -0.3 is 20.8 Å². The molecule has 0 fully saturated rings. The number of aromatic nitrogens is 4. The predicted molar refractivity (Wildman–Crippen MR) is 73.0 cm³/mol. The number of hydrogen-bond acceptors (Lipinski definition) is 6. The standard InChI is InChI=1S/C12H18N6O/c1-8(2)19-12-10(13)11(17-7-18-12)16-4-3-9-14-5-6-15-9/h5-8H,3-4,13H2,1-2H3,(H,14,15)(H,16,17,18). The molecule has 19 heavy (non-hydrogen) atoms. The first kappa shape index (κ1) is 13.1. The zero-order valence-electron chi connectivity index (χ0n) is 11.1. The van der Waals surface area contributed by atoms with Crippen LogP contribution in [0.4, 0.5) is 11.5 Å². The fourth-order valence-corrected chi connectivity index (χ4v) is 1.57. The van der Waals surface area contributed by atoms with E-state index in [-0.39, 0.29) is 6.10 Å². The molecule has 7 nitrogen and oxygen atoms in total. The molecule has 0 bridgehead atoms. The maximum Gasteiger partial charge on any atom is 0.242 e. The number of nitrogen functional groups attached to an aromatic ring is 1. The van der Waals surface area contributed by atoms with E-state index in [9.17, 15) is 0 Å². The molecule has 0 unspecified atom stereocenters. The van der Waals surface area contributed by atoms with Gasteiger partial charge in [0, 0.05) is 25.4 Å². The summed E-state index contributed by atoms with van der Waals surface area (Å²) in [6.45, 7) is 4.52. The van der Waals surface area contributed by atoms with Crippen molar-refractivity contribution in [1.82, 2.24) is 19.9 Å². The van der Waals surface area contributed by atoms with E-state index < -0.39 is 0 Å². The van der Waals surface area contributed by atoms with Crippen LogP contribution >= 0.6 is 0 Å². The SMILES string of the molecule is CC(C)Oc1ncnc(NCCc2ncc[nH]2)c1N. The highest BCUT2D eigenvalue weighted by Crippen LogP contribution is 2.25. The molecule has 0 amide bonds. The van der Waals surface area contributed by atoms with Crippen LogP contribution in [0.5, 0.6) is 5.88 Å². The smallest absolute Gasteiger partial charge is 0.242 e. The zero-order chi connectivity index (χ0) is 13.7. The maximum absolute atomic E-state index is 5.96. The summed E-state index contributed by atoms with van der Waals surface area (Å²) in [6.07, 6.45) is 5.74. The molecule has 0 radical (unpaired) electrons. The second-order valence-corrected chi connectivity index (χ2v) is 4.32. The fourth-order valence-electron chi connectivity index (χ4n) is 1.57. The van der Waals surface area contributed by atoms with Crippen LogP contribution < -0.4 is 15.8 Å². The second-order valence-electron chi connectivity index (χ2n) is 4.32. The summed E-state index contributed by atoms with van der Waals surface area (Å²) in [6, 6.07) is 0. The van der Waals surface area contributed by atoms with Gasteiger partial charge in [0.15, 0.2) is 5.82 Å². The minimum atomic E-state index is 0.0215. The lowest BCUT2D eigenvalue weighted by Gasteiger charge is -2.13. The molecule has 0 aliphatic rings. The van der Waals surface area contributed by atoms with E-state index >= 15 is 0 Å². The van der Waals surface area contributed by atoms with Crippen LogP contribution in [0.1, 0.15) is 19.7 Å². The van der Waals surface area contributed by atoms with Crippen LogP contribution in [0, 0.1) is 0 Å². The van der Waals surface area contributed by atoms with E-state index in [1.807, 2.05) is 13.8 Å². The van der Waals surface area contributed by atoms with Crippen LogP contribution in [0.2, 0.25) is 0 Å². The van der Waals surface area contributed by atoms with Crippen molar-refractivity contribution >= 4 is 11.5 Å². The summed E-state index contributed by atoms with van der Waals surface area (Å²) in [5.74, 6) is 1.90. The monoisotopic (exact) mass is 262 g/mol. The summed E-state index contributed by atoms with van der Waals surface area (Å²) in [5.41, 5.74) is 6.38. The normalized spacial score (nSPS) is 10.7. The van der Waals surface area contributed by atoms with Gasteiger partial charge in [-0.15, -0.1) is 0 Å². The van der Waals surface area contributed by atoms with Gasteiger partial charge in [0.25, 0.3) is 0 Å². The number of H-pyrrole nitrogens is 1. The molecule has 2 rings (SSSR count). The van der Waals surface area contributed by atoms with Crippen LogP contribution in [0.25, 0.3) is 0 Å². The molecule has 2 aromatic heterocycles. The Kier molecular flexibility index (Phi) is 4.17. The lowest BCUT2D eigenvalue weighted by Crippen LogP contribution is -2.13. The van der Waals surface area contributed by atoms with Crippen molar-refractivity contribution < 1.29 is 4.74 Å². The average Bonchev–Trinajstić information content (AvgIpc) is 2.86. The molecule has 0 aliphatic carbocycles. The summed E-state index contributed by atoms with van der Waals surface area (Å²) in [4.78, 5) is 15.3. The van der Waals surface area contributed by atoms with Gasteiger partial charge in [0.2, 0.25) is 5.88 Å². The highest BCUT2D eigenvalue weighted by Gasteiger charge is 2.10. The van der Waals surface area contributed by atoms with Crippen molar-refractivity contribution in [3.8, 4) is 5.88 Å².